The largest absolute Gasteiger partial charge is 0.488 e. The molecular formula is C37H38N8O2. The standard InChI is InChI=1S/C37H38N8O2/c1-6-26-21-40-34(22-39-26)42-33-19-25(16-17-38-33)23-47-31-15-14-30(28-12-7-8-13-29(28)31)41-36(46)43-35-20-32(37(3,4)5)44-45(35)27-11-9-10-24(2)18-27/h7-22H,6,23H2,1-5H3,(H,38,40,42)(H2,41,43,46). The first-order chi connectivity index (χ1) is 22.7. The average Bonchev–Trinajstić information content (AvgIpc) is 3.49. The monoisotopic (exact) mass is 626 g/mol. The van der Waals surface area contributed by atoms with Gasteiger partial charge < -0.3 is 15.4 Å². The summed E-state index contributed by atoms with van der Waals surface area (Å²) < 4.78 is 8.06. The van der Waals surface area contributed by atoms with E-state index < -0.39 is 0 Å². The quantitative estimate of drug-likeness (QED) is 0.148. The minimum absolute atomic E-state index is 0.197. The number of hydrogen-bond donors (Lipinski definition) is 3. The lowest BCUT2D eigenvalue weighted by Gasteiger charge is -2.15. The van der Waals surface area contributed by atoms with Crippen molar-refractivity contribution in [3.8, 4) is 11.4 Å². The number of anilines is 4. The Morgan fingerprint density at radius 2 is 1.68 bits per heavy atom. The zero-order valence-electron chi connectivity index (χ0n) is 27.2. The molecule has 2 amide bonds. The average molecular weight is 627 g/mol. The number of pyridine rings is 1. The molecule has 238 valence electrons. The first-order valence-corrected chi connectivity index (χ1v) is 15.6. The highest BCUT2D eigenvalue weighted by Crippen LogP contribution is 2.33. The lowest BCUT2D eigenvalue weighted by Crippen LogP contribution is -2.21. The van der Waals surface area contributed by atoms with Crippen LogP contribution in [0.3, 0.4) is 0 Å². The van der Waals surface area contributed by atoms with Gasteiger partial charge in [0.1, 0.15) is 29.8 Å². The SMILES string of the molecule is CCc1cnc(Nc2cc(COc3ccc(NC(=O)Nc4cc(C(C)(C)C)nn4-c4cccc(C)c4)c4ccccc34)ccn2)cn1. The fourth-order valence-electron chi connectivity index (χ4n) is 5.10. The van der Waals surface area contributed by atoms with Crippen molar-refractivity contribution in [2.75, 3.05) is 16.0 Å². The number of aryl methyl sites for hydroxylation is 2. The van der Waals surface area contributed by atoms with Gasteiger partial charge in [0.05, 0.1) is 35.2 Å². The molecule has 3 heterocycles. The summed E-state index contributed by atoms with van der Waals surface area (Å²) >= 11 is 0. The molecule has 0 spiro atoms. The van der Waals surface area contributed by atoms with Crippen molar-refractivity contribution >= 4 is 39.9 Å². The van der Waals surface area contributed by atoms with Crippen LogP contribution in [0.25, 0.3) is 16.5 Å². The van der Waals surface area contributed by atoms with E-state index in [0.717, 1.165) is 45.4 Å². The predicted molar refractivity (Wildman–Crippen MR) is 187 cm³/mol. The Kier molecular flexibility index (Phi) is 8.83. The molecule has 10 heteroatoms. The topological polar surface area (TPSA) is 119 Å². The van der Waals surface area contributed by atoms with E-state index in [9.17, 15) is 4.79 Å². The van der Waals surface area contributed by atoms with Crippen molar-refractivity contribution < 1.29 is 9.53 Å². The van der Waals surface area contributed by atoms with Crippen LogP contribution >= 0.6 is 0 Å². The lowest BCUT2D eigenvalue weighted by atomic mass is 9.92. The van der Waals surface area contributed by atoms with Gasteiger partial charge in [-0.1, -0.05) is 64.1 Å². The molecule has 3 aromatic carbocycles. The Labute approximate surface area is 274 Å². The third-order valence-electron chi connectivity index (χ3n) is 7.64. The van der Waals surface area contributed by atoms with Crippen LogP contribution in [0.2, 0.25) is 0 Å². The van der Waals surface area contributed by atoms with Gasteiger partial charge in [-0.05, 0) is 60.9 Å². The molecule has 0 saturated carbocycles. The van der Waals surface area contributed by atoms with Gasteiger partial charge in [-0.25, -0.2) is 19.4 Å². The van der Waals surface area contributed by atoms with E-state index in [-0.39, 0.29) is 11.4 Å². The van der Waals surface area contributed by atoms with Gasteiger partial charge in [-0.15, -0.1) is 0 Å². The number of urea groups is 1. The number of carbonyl (C=O) groups is 1. The molecule has 0 saturated heterocycles. The van der Waals surface area contributed by atoms with Crippen LogP contribution in [-0.2, 0) is 18.4 Å². The number of amides is 2. The third kappa shape index (κ3) is 7.38. The van der Waals surface area contributed by atoms with Crippen LogP contribution in [0.15, 0.2) is 97.5 Å². The molecule has 10 nitrogen and oxygen atoms in total. The van der Waals surface area contributed by atoms with E-state index in [1.54, 1.807) is 23.3 Å². The maximum Gasteiger partial charge on any atom is 0.324 e. The number of nitrogens with one attached hydrogen (secondary N) is 3. The summed E-state index contributed by atoms with van der Waals surface area (Å²) in [5, 5.41) is 15.8. The Hall–Kier alpha value is -5.77. The molecule has 0 aliphatic heterocycles. The maximum atomic E-state index is 13.4. The first-order valence-electron chi connectivity index (χ1n) is 15.6. The van der Waals surface area contributed by atoms with Gasteiger partial charge >= 0.3 is 6.03 Å². The van der Waals surface area contributed by atoms with Crippen molar-refractivity contribution in [1.82, 2.24) is 24.7 Å². The number of nitrogens with zero attached hydrogens (tertiary/aromatic N) is 5. The van der Waals surface area contributed by atoms with E-state index in [1.165, 1.54) is 0 Å². The van der Waals surface area contributed by atoms with Crippen molar-refractivity contribution in [2.45, 2.75) is 53.1 Å². The highest BCUT2D eigenvalue weighted by molar-refractivity contribution is 6.07. The molecule has 0 fully saturated rings. The molecule has 6 rings (SSSR count). The van der Waals surface area contributed by atoms with Crippen LogP contribution < -0.4 is 20.7 Å². The Balaban J connectivity index is 1.18. The van der Waals surface area contributed by atoms with Gasteiger partial charge in [-0.2, -0.15) is 5.10 Å². The third-order valence-corrected chi connectivity index (χ3v) is 7.64. The molecule has 0 aliphatic rings. The minimum atomic E-state index is -0.371. The smallest absolute Gasteiger partial charge is 0.324 e. The maximum absolute atomic E-state index is 13.4. The normalized spacial score (nSPS) is 11.3. The van der Waals surface area contributed by atoms with Gasteiger partial charge in [0, 0.05) is 28.5 Å². The molecule has 0 atom stereocenters. The number of aromatic nitrogens is 5. The zero-order valence-corrected chi connectivity index (χ0v) is 27.2. The van der Waals surface area contributed by atoms with E-state index >= 15 is 0 Å². The second-order valence-electron chi connectivity index (χ2n) is 12.4. The molecule has 0 aliphatic carbocycles. The fraction of sp³-hybridized carbons (Fsp3) is 0.216. The second kappa shape index (κ2) is 13.3. The summed E-state index contributed by atoms with van der Waals surface area (Å²) in [6.45, 7) is 10.7. The molecule has 0 radical (unpaired) electrons. The Bertz CT molecular complexity index is 2030. The highest BCUT2D eigenvalue weighted by atomic mass is 16.5. The molecule has 3 aromatic heterocycles. The summed E-state index contributed by atoms with van der Waals surface area (Å²) in [5.74, 6) is 2.56. The molecule has 0 unspecified atom stereocenters. The van der Waals surface area contributed by atoms with Crippen molar-refractivity contribution in [3.05, 3.63) is 120 Å². The van der Waals surface area contributed by atoms with Crippen LogP contribution in [0.4, 0.5) is 27.9 Å². The first kappa shape index (κ1) is 31.2. The van der Waals surface area contributed by atoms with Gasteiger partial charge in [0.15, 0.2) is 0 Å². The van der Waals surface area contributed by atoms with Crippen molar-refractivity contribution in [1.29, 1.82) is 0 Å². The van der Waals surface area contributed by atoms with Gasteiger partial charge in [0.2, 0.25) is 0 Å². The molecule has 47 heavy (non-hydrogen) atoms. The van der Waals surface area contributed by atoms with Crippen LogP contribution in [-0.4, -0.2) is 30.8 Å². The minimum Gasteiger partial charge on any atom is -0.488 e. The fourth-order valence-corrected chi connectivity index (χ4v) is 5.10. The lowest BCUT2D eigenvalue weighted by molar-refractivity contribution is 0.262. The van der Waals surface area contributed by atoms with Crippen LogP contribution in [0, 0.1) is 6.92 Å². The van der Waals surface area contributed by atoms with Gasteiger partial charge in [-0.3, -0.25) is 10.3 Å². The summed E-state index contributed by atoms with van der Waals surface area (Å²) in [6, 6.07) is 25.0. The van der Waals surface area contributed by atoms with Crippen molar-refractivity contribution in [3.63, 3.8) is 0 Å². The molecule has 0 bridgehead atoms. The molecular weight excluding hydrogens is 588 g/mol. The number of benzene rings is 3. The van der Waals surface area contributed by atoms with Crippen LogP contribution in [0.1, 0.15) is 50.2 Å². The Morgan fingerprint density at radius 3 is 2.43 bits per heavy atom. The summed E-state index contributed by atoms with van der Waals surface area (Å²) in [6.07, 6.45) is 6.02. The number of ether oxygens (including phenoxy) is 1. The molecule has 6 aromatic rings. The van der Waals surface area contributed by atoms with E-state index in [1.807, 2.05) is 92.7 Å². The molecule has 3 N–H and O–H groups in total. The highest BCUT2D eigenvalue weighted by Gasteiger charge is 2.22. The number of hydrogen-bond acceptors (Lipinski definition) is 7. The van der Waals surface area contributed by atoms with Crippen LogP contribution in [0.5, 0.6) is 5.75 Å². The van der Waals surface area contributed by atoms with E-state index in [0.29, 0.717) is 35.5 Å². The summed E-state index contributed by atoms with van der Waals surface area (Å²) in [5.41, 5.74) is 5.18. The second-order valence-corrected chi connectivity index (χ2v) is 12.4. The number of fused-ring (bicyclic) bond motifs is 1. The predicted octanol–water partition coefficient (Wildman–Crippen LogP) is 8.35. The van der Waals surface area contributed by atoms with Gasteiger partial charge in [0.25, 0.3) is 0 Å². The summed E-state index contributed by atoms with van der Waals surface area (Å²) in [7, 11) is 0. The van der Waals surface area contributed by atoms with Crippen molar-refractivity contribution in [2.24, 2.45) is 0 Å². The summed E-state index contributed by atoms with van der Waals surface area (Å²) in [4.78, 5) is 26.6. The Morgan fingerprint density at radius 1 is 0.851 bits per heavy atom. The number of rotatable bonds is 9. The van der Waals surface area contributed by atoms with E-state index in [2.05, 4.69) is 51.7 Å². The zero-order chi connectivity index (χ0) is 33.0. The van der Waals surface area contributed by atoms with E-state index in [4.69, 9.17) is 9.84 Å². The number of carbonyl (C=O) groups excluding carboxylic acids is 1.